The second kappa shape index (κ2) is 7.73. The molecule has 4 rings (SSSR count). The van der Waals surface area contributed by atoms with Crippen molar-refractivity contribution in [2.24, 2.45) is 0 Å². The van der Waals surface area contributed by atoms with Crippen molar-refractivity contribution in [3.8, 4) is 22.4 Å². The van der Waals surface area contributed by atoms with E-state index in [1.807, 2.05) is 6.92 Å². The van der Waals surface area contributed by atoms with Crippen molar-refractivity contribution < 1.29 is 13.2 Å². The topological polar surface area (TPSA) is 50.2 Å². The van der Waals surface area contributed by atoms with E-state index in [1.54, 1.807) is 25.1 Å². The zero-order valence-electron chi connectivity index (χ0n) is 16.4. The molecule has 31 heavy (non-hydrogen) atoms. The number of hydrogen-bond donors (Lipinski definition) is 1. The highest BCUT2D eigenvalue weighted by molar-refractivity contribution is 6.36. The third kappa shape index (κ3) is 3.72. The van der Waals surface area contributed by atoms with Crippen molar-refractivity contribution in [3.63, 3.8) is 0 Å². The van der Waals surface area contributed by atoms with Gasteiger partial charge in [-0.25, -0.2) is 0 Å². The van der Waals surface area contributed by atoms with Crippen molar-refractivity contribution >= 4 is 28.8 Å². The predicted molar refractivity (Wildman–Crippen MR) is 116 cm³/mol. The van der Waals surface area contributed by atoms with Crippen LogP contribution in [-0.4, -0.2) is 14.6 Å². The molecule has 4 nitrogen and oxygen atoms in total. The number of fused-ring (bicyclic) bond motifs is 1. The highest BCUT2D eigenvalue weighted by Gasteiger charge is 2.30. The highest BCUT2D eigenvalue weighted by Crippen LogP contribution is 2.36. The molecule has 4 aromatic rings. The van der Waals surface area contributed by atoms with Gasteiger partial charge in [0.1, 0.15) is 5.65 Å². The minimum atomic E-state index is -4.44. The van der Waals surface area contributed by atoms with Gasteiger partial charge in [0.25, 0.3) is 5.56 Å². The van der Waals surface area contributed by atoms with Crippen LogP contribution in [0.15, 0.2) is 47.3 Å². The van der Waals surface area contributed by atoms with Gasteiger partial charge < -0.3 is 4.98 Å². The third-order valence-electron chi connectivity index (χ3n) is 5.13. The molecule has 0 amide bonds. The van der Waals surface area contributed by atoms with Crippen LogP contribution < -0.4 is 5.56 Å². The van der Waals surface area contributed by atoms with Crippen LogP contribution in [0.4, 0.5) is 13.2 Å². The Morgan fingerprint density at radius 1 is 1.10 bits per heavy atom. The lowest BCUT2D eigenvalue weighted by molar-refractivity contribution is -0.137. The Hall–Kier alpha value is -2.77. The smallest absolute Gasteiger partial charge is 0.339 e. The zero-order valence-corrected chi connectivity index (χ0v) is 18.0. The number of nitrogens with zero attached hydrogens (tertiary/aromatic N) is 2. The molecule has 0 aliphatic heterocycles. The van der Waals surface area contributed by atoms with Crippen LogP contribution in [0.25, 0.3) is 28.0 Å². The number of benzene rings is 2. The molecule has 2 aromatic heterocycles. The molecule has 2 heterocycles. The number of H-pyrrole nitrogens is 1. The van der Waals surface area contributed by atoms with E-state index < -0.39 is 11.7 Å². The number of aromatic nitrogens is 3. The monoisotopic (exact) mass is 465 g/mol. The molecule has 0 bridgehead atoms. The Morgan fingerprint density at radius 2 is 1.77 bits per heavy atom. The van der Waals surface area contributed by atoms with Gasteiger partial charge in [0.05, 0.1) is 22.0 Å². The van der Waals surface area contributed by atoms with Crippen LogP contribution in [0.3, 0.4) is 0 Å². The van der Waals surface area contributed by atoms with Crippen molar-refractivity contribution in [3.05, 3.63) is 79.7 Å². The Kier molecular flexibility index (Phi) is 5.35. The third-order valence-corrected chi connectivity index (χ3v) is 5.67. The fraction of sp³-hybridized carbons (Fsp3) is 0.182. The molecule has 0 radical (unpaired) electrons. The lowest BCUT2D eigenvalue weighted by Gasteiger charge is -2.11. The number of nitrogens with one attached hydrogen (secondary N) is 1. The summed E-state index contributed by atoms with van der Waals surface area (Å²) in [5.41, 5.74) is 2.44. The summed E-state index contributed by atoms with van der Waals surface area (Å²) in [6.45, 7) is 3.51. The number of hydrogen-bond acceptors (Lipinski definition) is 2. The number of aryl methyl sites for hydroxylation is 1. The van der Waals surface area contributed by atoms with Gasteiger partial charge in [-0.05, 0) is 43.2 Å². The normalized spacial score (nSPS) is 12.0. The van der Waals surface area contributed by atoms with E-state index in [9.17, 15) is 18.0 Å². The first-order chi connectivity index (χ1) is 14.6. The molecular weight excluding hydrogens is 450 g/mol. The molecule has 0 aliphatic rings. The lowest BCUT2D eigenvalue weighted by Crippen LogP contribution is -2.19. The molecule has 0 saturated heterocycles. The summed E-state index contributed by atoms with van der Waals surface area (Å²) in [5, 5.41) is 5.31. The Labute approximate surface area is 185 Å². The maximum Gasteiger partial charge on any atom is 0.416 e. The predicted octanol–water partition coefficient (Wildman–Crippen LogP) is 6.55. The van der Waals surface area contributed by atoms with E-state index in [-0.39, 0.29) is 5.56 Å². The van der Waals surface area contributed by atoms with Gasteiger partial charge in [0.2, 0.25) is 0 Å². The van der Waals surface area contributed by atoms with E-state index in [4.69, 9.17) is 23.2 Å². The first kappa shape index (κ1) is 21.5. The zero-order chi connectivity index (χ0) is 22.5. The first-order valence-electron chi connectivity index (χ1n) is 9.39. The number of rotatable bonds is 3. The summed E-state index contributed by atoms with van der Waals surface area (Å²) in [4.78, 5) is 16.2. The van der Waals surface area contributed by atoms with Crippen LogP contribution in [0, 0.1) is 6.92 Å². The van der Waals surface area contributed by atoms with Crippen LogP contribution in [-0.2, 0) is 12.6 Å². The molecule has 0 fully saturated rings. The average Bonchev–Trinajstić information content (AvgIpc) is 3.09. The maximum atomic E-state index is 13.0. The van der Waals surface area contributed by atoms with E-state index >= 15 is 0 Å². The summed E-state index contributed by atoms with van der Waals surface area (Å²) in [6.07, 6.45) is -3.90. The molecule has 0 aliphatic carbocycles. The van der Waals surface area contributed by atoms with Crippen LogP contribution in [0.1, 0.15) is 23.7 Å². The Morgan fingerprint density at radius 3 is 2.35 bits per heavy atom. The number of alkyl halides is 3. The number of halogens is 5. The lowest BCUT2D eigenvalue weighted by atomic mass is 10.0. The standard InChI is InChI=1S/C22H16Cl2F3N3O/c1-3-17-18(15-9-8-14(23)10-16(15)24)20-28-19(11(2)21(31)30(20)29-17)12-4-6-13(7-5-12)22(25,26)27/h4-10,28H,3H2,1-2H3. The minimum Gasteiger partial charge on any atom is -0.339 e. The Balaban J connectivity index is 1.99. The fourth-order valence-electron chi connectivity index (χ4n) is 3.54. The van der Waals surface area contributed by atoms with Crippen molar-refractivity contribution in [2.45, 2.75) is 26.4 Å². The summed E-state index contributed by atoms with van der Waals surface area (Å²) < 4.78 is 40.1. The largest absolute Gasteiger partial charge is 0.416 e. The molecule has 1 N–H and O–H groups in total. The van der Waals surface area contributed by atoms with E-state index in [0.717, 1.165) is 12.1 Å². The van der Waals surface area contributed by atoms with Crippen LogP contribution in [0.2, 0.25) is 10.0 Å². The minimum absolute atomic E-state index is 0.339. The summed E-state index contributed by atoms with van der Waals surface area (Å²) in [6, 6.07) is 9.69. The van der Waals surface area contributed by atoms with E-state index in [0.29, 0.717) is 55.8 Å². The van der Waals surface area contributed by atoms with Crippen molar-refractivity contribution in [2.75, 3.05) is 0 Å². The summed E-state index contributed by atoms with van der Waals surface area (Å²) in [7, 11) is 0. The van der Waals surface area contributed by atoms with Crippen molar-refractivity contribution in [1.29, 1.82) is 0 Å². The van der Waals surface area contributed by atoms with Gasteiger partial charge in [-0.15, -0.1) is 0 Å². The van der Waals surface area contributed by atoms with Gasteiger partial charge in [-0.3, -0.25) is 4.79 Å². The molecule has 0 saturated carbocycles. The molecule has 160 valence electrons. The van der Waals surface area contributed by atoms with Crippen LogP contribution in [0.5, 0.6) is 0 Å². The van der Waals surface area contributed by atoms with Gasteiger partial charge in [-0.2, -0.15) is 22.8 Å². The van der Waals surface area contributed by atoms with Gasteiger partial charge in [0.15, 0.2) is 0 Å². The quantitative estimate of drug-likeness (QED) is 0.372. The Bertz CT molecular complexity index is 1360. The molecule has 0 spiro atoms. The molecule has 0 atom stereocenters. The molecular formula is C22H16Cl2F3N3O. The fourth-order valence-corrected chi connectivity index (χ4v) is 4.04. The molecule has 0 unspecified atom stereocenters. The molecule has 9 heteroatoms. The average molecular weight is 466 g/mol. The van der Waals surface area contributed by atoms with E-state index in [2.05, 4.69) is 10.1 Å². The van der Waals surface area contributed by atoms with Gasteiger partial charge in [-0.1, -0.05) is 48.3 Å². The second-order valence-corrected chi connectivity index (χ2v) is 7.91. The van der Waals surface area contributed by atoms with Crippen molar-refractivity contribution in [1.82, 2.24) is 14.6 Å². The second-order valence-electron chi connectivity index (χ2n) is 7.07. The highest BCUT2D eigenvalue weighted by atomic mass is 35.5. The maximum absolute atomic E-state index is 13.0. The van der Waals surface area contributed by atoms with Crippen LogP contribution >= 0.6 is 23.2 Å². The number of aromatic amines is 1. The van der Waals surface area contributed by atoms with Gasteiger partial charge in [0, 0.05) is 21.7 Å². The summed E-state index contributed by atoms with van der Waals surface area (Å²) in [5.74, 6) is 0. The SMILES string of the molecule is CCc1nn2c(=O)c(C)c(-c3ccc(C(F)(F)F)cc3)[nH]c2c1-c1ccc(Cl)cc1Cl. The molecule has 2 aromatic carbocycles. The summed E-state index contributed by atoms with van der Waals surface area (Å²) >= 11 is 12.4. The first-order valence-corrected chi connectivity index (χ1v) is 10.1. The van der Waals surface area contributed by atoms with Gasteiger partial charge >= 0.3 is 6.18 Å². The van der Waals surface area contributed by atoms with E-state index in [1.165, 1.54) is 16.6 Å².